The van der Waals surface area contributed by atoms with Gasteiger partial charge in [-0.05, 0) is 62.4 Å². The Kier molecular flexibility index (Phi) is 6.25. The molecule has 0 amide bonds. The molecule has 4 rings (SSSR count). The molecule has 0 aromatic heterocycles. The summed E-state index contributed by atoms with van der Waals surface area (Å²) >= 11 is -1.32. The minimum atomic E-state index is -1.32. The van der Waals surface area contributed by atoms with Crippen LogP contribution in [0.25, 0.3) is 0 Å². The quantitative estimate of drug-likeness (QED) is 0.530. The third-order valence-electron chi connectivity index (χ3n) is 5.51. The normalized spacial score (nSPS) is 20.6. The number of likely N-dealkylation sites (tertiary alicyclic amines) is 1. The molecule has 1 heterocycles. The van der Waals surface area contributed by atoms with Crippen molar-refractivity contribution in [3.63, 3.8) is 0 Å². The second kappa shape index (κ2) is 8.88. The molecular formula is C23H28N2O3S. The van der Waals surface area contributed by atoms with Gasteiger partial charge >= 0.3 is 0 Å². The highest BCUT2D eigenvalue weighted by Gasteiger charge is 2.28. The summed E-state index contributed by atoms with van der Waals surface area (Å²) in [5.74, 6) is 0.956. The molecular weight excluding hydrogens is 384 g/mol. The van der Waals surface area contributed by atoms with Crippen molar-refractivity contribution in [2.24, 2.45) is 0 Å². The fourth-order valence-corrected chi connectivity index (χ4v) is 4.75. The molecule has 0 spiro atoms. The molecule has 154 valence electrons. The monoisotopic (exact) mass is 412 g/mol. The van der Waals surface area contributed by atoms with Crippen LogP contribution in [-0.2, 0) is 17.9 Å². The van der Waals surface area contributed by atoms with E-state index >= 15 is 0 Å². The Labute approximate surface area is 175 Å². The molecule has 6 heteroatoms. The van der Waals surface area contributed by atoms with Gasteiger partial charge in [0.2, 0.25) is 0 Å². The lowest BCUT2D eigenvalue weighted by atomic mass is 10.1. The Morgan fingerprint density at radius 2 is 1.97 bits per heavy atom. The second-order valence-electron chi connectivity index (χ2n) is 8.10. The molecule has 1 saturated heterocycles. The molecule has 2 aromatic rings. The maximum atomic E-state index is 12.7. The van der Waals surface area contributed by atoms with E-state index in [4.69, 9.17) is 4.74 Å². The Morgan fingerprint density at radius 3 is 2.66 bits per heavy atom. The van der Waals surface area contributed by atoms with Crippen LogP contribution in [0.5, 0.6) is 5.75 Å². The van der Waals surface area contributed by atoms with Gasteiger partial charge < -0.3 is 9.29 Å². The molecule has 2 fully saturated rings. The highest BCUT2D eigenvalue weighted by atomic mass is 32.2. The highest BCUT2D eigenvalue weighted by molar-refractivity contribution is 7.89. The van der Waals surface area contributed by atoms with E-state index in [0.717, 1.165) is 37.4 Å². The fourth-order valence-electron chi connectivity index (χ4n) is 3.70. The number of ether oxygens (including phenoxy) is 1. The third-order valence-corrected chi connectivity index (χ3v) is 6.73. The van der Waals surface area contributed by atoms with Gasteiger partial charge in [-0.2, -0.15) is 0 Å². The van der Waals surface area contributed by atoms with E-state index in [1.54, 1.807) is 13.0 Å². The molecule has 0 radical (unpaired) electrons. The van der Waals surface area contributed by atoms with Gasteiger partial charge in [-0.15, -0.1) is 4.72 Å². The van der Waals surface area contributed by atoms with Crippen molar-refractivity contribution in [3.8, 4) is 5.75 Å². The number of benzene rings is 2. The van der Waals surface area contributed by atoms with Gasteiger partial charge in [0.1, 0.15) is 5.75 Å². The van der Waals surface area contributed by atoms with Crippen LogP contribution in [0.15, 0.2) is 47.4 Å². The first-order valence-electron chi connectivity index (χ1n) is 10.3. The Bertz CT molecular complexity index is 867. The lowest BCUT2D eigenvalue weighted by Crippen LogP contribution is -2.37. The predicted molar refractivity (Wildman–Crippen MR) is 115 cm³/mol. The van der Waals surface area contributed by atoms with Crippen LogP contribution in [-0.4, -0.2) is 40.5 Å². The van der Waals surface area contributed by atoms with Crippen molar-refractivity contribution < 1.29 is 14.1 Å². The van der Waals surface area contributed by atoms with Gasteiger partial charge in [-0.25, -0.2) is 0 Å². The number of rotatable bonds is 8. The first kappa shape index (κ1) is 20.4. The first-order chi connectivity index (χ1) is 14.0. The molecule has 5 nitrogen and oxygen atoms in total. The van der Waals surface area contributed by atoms with Crippen molar-refractivity contribution in [3.05, 3.63) is 59.2 Å². The minimum Gasteiger partial charge on any atom is -0.593 e. The lowest BCUT2D eigenvalue weighted by Gasteiger charge is -2.18. The summed E-state index contributed by atoms with van der Waals surface area (Å²) in [5, 5.41) is 0. The molecule has 2 aromatic carbocycles. The zero-order valence-electron chi connectivity index (χ0n) is 17.0. The van der Waals surface area contributed by atoms with E-state index in [9.17, 15) is 9.35 Å². The largest absolute Gasteiger partial charge is 0.593 e. The zero-order chi connectivity index (χ0) is 20.4. The van der Waals surface area contributed by atoms with Gasteiger partial charge in [0, 0.05) is 31.3 Å². The molecule has 1 aliphatic heterocycles. The summed E-state index contributed by atoms with van der Waals surface area (Å²) in [5.41, 5.74) is 2.82. The number of carbonyl (C=O) groups is 1. The van der Waals surface area contributed by atoms with E-state index in [2.05, 4.69) is 33.9 Å². The number of hydrogen-bond donors (Lipinski definition) is 1. The second-order valence-corrected chi connectivity index (χ2v) is 9.35. The van der Waals surface area contributed by atoms with E-state index in [1.807, 2.05) is 19.1 Å². The summed E-state index contributed by atoms with van der Waals surface area (Å²) < 4.78 is 21.8. The number of nitrogens with zero attached hydrogens (tertiary/aromatic N) is 1. The first-order valence-corrected chi connectivity index (χ1v) is 11.4. The van der Waals surface area contributed by atoms with Crippen molar-refractivity contribution >= 4 is 17.1 Å². The summed E-state index contributed by atoms with van der Waals surface area (Å²) in [6.45, 7) is 6.16. The topological polar surface area (TPSA) is 64.6 Å². The molecule has 1 N–H and O–H groups in total. The summed E-state index contributed by atoms with van der Waals surface area (Å²) in [6, 6.07) is 14.0. The standard InChI is InChI=1S/C23H28N2O3S/c1-16-3-10-22(13-23(16)17(2)26)29(27)24-19-11-12-25(15-19)14-18-4-6-20(7-5-18)28-21-8-9-21/h3-7,10,13,19,21,24H,8-9,11-12,14-15H2,1-2H3/t19-,29?/m1/s1. The molecule has 29 heavy (non-hydrogen) atoms. The minimum absolute atomic E-state index is 0.00180. The average Bonchev–Trinajstić information content (AvgIpc) is 3.41. The third kappa shape index (κ3) is 5.39. The van der Waals surface area contributed by atoms with E-state index in [1.165, 1.54) is 18.4 Å². The highest BCUT2D eigenvalue weighted by Crippen LogP contribution is 2.27. The van der Waals surface area contributed by atoms with Gasteiger partial charge in [0.05, 0.1) is 23.5 Å². The molecule has 0 bridgehead atoms. The van der Waals surface area contributed by atoms with Crippen molar-refractivity contribution in [1.82, 2.24) is 9.62 Å². The molecule has 1 unspecified atom stereocenters. The van der Waals surface area contributed by atoms with Crippen LogP contribution < -0.4 is 9.46 Å². The summed E-state index contributed by atoms with van der Waals surface area (Å²) in [7, 11) is 0. The SMILES string of the molecule is CC(=O)c1cc([S+]([O-])N[C@@H]2CCN(Cc3ccc(OC4CC4)cc3)C2)ccc1C. The molecule has 1 aliphatic carbocycles. The number of carbonyl (C=O) groups excluding carboxylic acids is 1. The van der Waals surface area contributed by atoms with Crippen LogP contribution in [0.4, 0.5) is 0 Å². The Balaban J connectivity index is 1.29. The predicted octanol–water partition coefficient (Wildman–Crippen LogP) is 3.63. The number of hydrogen-bond acceptors (Lipinski definition) is 5. The number of ketones is 1. The number of nitrogens with one attached hydrogen (secondary N) is 1. The molecule has 2 atom stereocenters. The average molecular weight is 413 g/mol. The summed E-state index contributed by atoms with van der Waals surface area (Å²) in [4.78, 5) is 14.8. The van der Waals surface area contributed by atoms with E-state index < -0.39 is 11.4 Å². The van der Waals surface area contributed by atoms with Crippen LogP contribution in [0, 0.1) is 6.92 Å². The summed E-state index contributed by atoms with van der Waals surface area (Å²) in [6.07, 6.45) is 3.72. The smallest absolute Gasteiger partial charge is 0.174 e. The maximum absolute atomic E-state index is 12.7. The van der Waals surface area contributed by atoms with E-state index in [-0.39, 0.29) is 11.8 Å². The van der Waals surface area contributed by atoms with Gasteiger partial charge in [-0.3, -0.25) is 9.69 Å². The van der Waals surface area contributed by atoms with Gasteiger partial charge in [-0.1, -0.05) is 18.2 Å². The molecule has 2 aliphatic rings. The number of Topliss-reactive ketones (excluding diaryl/α,β-unsaturated/α-hetero) is 1. The van der Waals surface area contributed by atoms with Crippen LogP contribution in [0.2, 0.25) is 0 Å². The Hall–Kier alpha value is -1.86. The fraction of sp³-hybridized carbons (Fsp3) is 0.435. The van der Waals surface area contributed by atoms with Crippen LogP contribution >= 0.6 is 0 Å². The zero-order valence-corrected chi connectivity index (χ0v) is 17.8. The van der Waals surface area contributed by atoms with Crippen LogP contribution in [0.1, 0.15) is 47.7 Å². The van der Waals surface area contributed by atoms with Crippen molar-refractivity contribution in [1.29, 1.82) is 0 Å². The van der Waals surface area contributed by atoms with Gasteiger partial charge in [0.15, 0.2) is 10.7 Å². The lowest BCUT2D eigenvalue weighted by molar-refractivity contribution is 0.101. The van der Waals surface area contributed by atoms with Gasteiger partial charge in [0.25, 0.3) is 0 Å². The maximum Gasteiger partial charge on any atom is 0.174 e. The molecule has 1 saturated carbocycles. The van der Waals surface area contributed by atoms with Crippen molar-refractivity contribution in [2.75, 3.05) is 13.1 Å². The van der Waals surface area contributed by atoms with Crippen molar-refractivity contribution in [2.45, 2.75) is 56.7 Å². The number of aryl methyl sites for hydroxylation is 1. The Morgan fingerprint density at radius 1 is 1.21 bits per heavy atom. The van der Waals surface area contributed by atoms with E-state index in [0.29, 0.717) is 16.6 Å². The van der Waals surface area contributed by atoms with Crippen LogP contribution in [0.3, 0.4) is 0 Å².